The topological polar surface area (TPSA) is 63.2 Å². The van der Waals surface area contributed by atoms with Gasteiger partial charge in [-0.05, 0) is 47.9 Å². The second-order valence-corrected chi connectivity index (χ2v) is 8.81. The fourth-order valence-electron chi connectivity index (χ4n) is 4.48. The summed E-state index contributed by atoms with van der Waals surface area (Å²) in [5.41, 5.74) is 10.2. The molecule has 0 saturated carbocycles. The SMILES string of the molecule is COc1ccc(C2(c3ccccc3)C=NN3C2=NC(C)C(c2ccc(Br)cc2)=C3N)cc1. The van der Waals surface area contributed by atoms with Crippen LogP contribution in [0.3, 0.4) is 0 Å². The van der Waals surface area contributed by atoms with E-state index in [1.54, 1.807) is 12.1 Å². The lowest BCUT2D eigenvalue weighted by Crippen LogP contribution is -2.45. The van der Waals surface area contributed by atoms with E-state index in [2.05, 4.69) is 59.3 Å². The summed E-state index contributed by atoms with van der Waals surface area (Å²) in [7, 11) is 1.67. The summed E-state index contributed by atoms with van der Waals surface area (Å²) in [4.78, 5) is 5.16. The predicted molar refractivity (Wildman–Crippen MR) is 133 cm³/mol. The lowest BCUT2D eigenvalue weighted by molar-refractivity contribution is 0.414. The summed E-state index contributed by atoms with van der Waals surface area (Å²) in [6, 6.07) is 26.4. The predicted octanol–water partition coefficient (Wildman–Crippen LogP) is 5.17. The Kier molecular flexibility index (Phi) is 5.10. The number of halogens is 1. The van der Waals surface area contributed by atoms with Gasteiger partial charge in [0, 0.05) is 16.3 Å². The first kappa shape index (κ1) is 20.5. The summed E-state index contributed by atoms with van der Waals surface area (Å²) >= 11 is 3.50. The van der Waals surface area contributed by atoms with E-state index >= 15 is 0 Å². The van der Waals surface area contributed by atoms with Crippen molar-refractivity contribution in [1.29, 1.82) is 0 Å². The van der Waals surface area contributed by atoms with Crippen molar-refractivity contribution >= 4 is 33.6 Å². The van der Waals surface area contributed by atoms with Crippen LogP contribution in [-0.4, -0.2) is 30.2 Å². The highest BCUT2D eigenvalue weighted by atomic mass is 79.9. The molecule has 5 nitrogen and oxygen atoms in total. The Bertz CT molecular complexity index is 1230. The Morgan fingerprint density at radius 3 is 2.25 bits per heavy atom. The van der Waals surface area contributed by atoms with Gasteiger partial charge >= 0.3 is 0 Å². The van der Waals surface area contributed by atoms with Crippen molar-refractivity contribution in [2.75, 3.05) is 7.11 Å². The number of hydrazone groups is 1. The monoisotopic (exact) mass is 486 g/mol. The van der Waals surface area contributed by atoms with Gasteiger partial charge in [-0.25, -0.2) is 5.01 Å². The number of nitrogens with two attached hydrogens (primary N) is 1. The normalized spacial score (nSPS) is 22.0. The number of benzene rings is 3. The van der Waals surface area contributed by atoms with Crippen LogP contribution in [0.5, 0.6) is 5.75 Å². The van der Waals surface area contributed by atoms with Crippen LogP contribution >= 0.6 is 15.9 Å². The zero-order chi connectivity index (χ0) is 22.3. The molecule has 0 radical (unpaired) electrons. The van der Waals surface area contributed by atoms with E-state index in [9.17, 15) is 0 Å². The zero-order valence-electron chi connectivity index (χ0n) is 17.9. The number of rotatable bonds is 4. The Labute approximate surface area is 196 Å². The number of nitrogens with zero attached hydrogens (tertiary/aromatic N) is 3. The Morgan fingerprint density at radius 2 is 1.59 bits per heavy atom. The fraction of sp³-hybridized carbons (Fsp3) is 0.154. The van der Waals surface area contributed by atoms with Crippen molar-refractivity contribution in [1.82, 2.24) is 5.01 Å². The van der Waals surface area contributed by atoms with E-state index in [0.29, 0.717) is 5.82 Å². The highest BCUT2D eigenvalue weighted by molar-refractivity contribution is 9.10. The van der Waals surface area contributed by atoms with Crippen molar-refractivity contribution in [3.05, 3.63) is 106 Å². The molecular weight excluding hydrogens is 464 g/mol. The van der Waals surface area contributed by atoms with Crippen LogP contribution in [-0.2, 0) is 5.41 Å². The van der Waals surface area contributed by atoms with E-state index in [1.807, 2.05) is 48.7 Å². The molecule has 0 amide bonds. The van der Waals surface area contributed by atoms with Gasteiger partial charge in [0.15, 0.2) is 0 Å². The van der Waals surface area contributed by atoms with E-state index in [1.165, 1.54) is 0 Å². The standard InChI is InChI=1S/C26H23BrN4O/c1-17-23(18-8-12-21(27)13-9-18)24(28)31-25(30-17)26(16-29-31,19-6-4-3-5-7-19)20-10-14-22(32-2)15-11-20/h3-17H,28H2,1-2H3. The zero-order valence-corrected chi connectivity index (χ0v) is 19.5. The molecule has 5 rings (SSSR count). The van der Waals surface area contributed by atoms with E-state index in [4.69, 9.17) is 20.6 Å². The van der Waals surface area contributed by atoms with Gasteiger partial charge < -0.3 is 10.5 Å². The minimum atomic E-state index is -0.641. The van der Waals surface area contributed by atoms with Crippen molar-refractivity contribution in [2.45, 2.75) is 18.4 Å². The van der Waals surface area contributed by atoms with Gasteiger partial charge in [-0.2, -0.15) is 5.10 Å². The number of methoxy groups -OCH3 is 1. The highest BCUT2D eigenvalue weighted by Crippen LogP contribution is 2.42. The minimum Gasteiger partial charge on any atom is -0.497 e. The number of fused-ring (bicyclic) bond motifs is 1. The second kappa shape index (κ2) is 7.95. The molecule has 2 N–H and O–H groups in total. The lowest BCUT2D eigenvalue weighted by atomic mass is 9.74. The van der Waals surface area contributed by atoms with Crippen LogP contribution in [0.15, 0.2) is 99.3 Å². The number of hydrogen-bond acceptors (Lipinski definition) is 5. The number of ether oxygens (including phenoxy) is 1. The third-order valence-electron chi connectivity index (χ3n) is 6.09. The Balaban J connectivity index is 1.67. The molecule has 32 heavy (non-hydrogen) atoms. The average molecular weight is 487 g/mol. The molecule has 3 aromatic rings. The Hall–Kier alpha value is -3.38. The third kappa shape index (κ3) is 3.14. The molecule has 0 aromatic heterocycles. The van der Waals surface area contributed by atoms with Gasteiger partial charge in [0.1, 0.15) is 22.8 Å². The number of amidine groups is 1. The van der Waals surface area contributed by atoms with Gasteiger partial charge in [0.2, 0.25) is 0 Å². The first-order valence-corrected chi connectivity index (χ1v) is 11.2. The highest BCUT2D eigenvalue weighted by Gasteiger charge is 2.48. The molecule has 160 valence electrons. The Morgan fingerprint density at radius 1 is 0.938 bits per heavy atom. The van der Waals surface area contributed by atoms with E-state index < -0.39 is 5.41 Å². The van der Waals surface area contributed by atoms with Crippen molar-refractivity contribution < 1.29 is 4.74 Å². The molecule has 0 bridgehead atoms. The van der Waals surface area contributed by atoms with Crippen LogP contribution in [0, 0.1) is 0 Å². The molecule has 2 aliphatic heterocycles. The second-order valence-electron chi connectivity index (χ2n) is 7.89. The maximum absolute atomic E-state index is 6.73. The molecule has 3 aromatic carbocycles. The average Bonchev–Trinajstić information content (AvgIpc) is 3.21. The molecular formula is C26H23BrN4O. The molecule has 2 unspecified atom stereocenters. The van der Waals surface area contributed by atoms with E-state index in [-0.39, 0.29) is 6.04 Å². The van der Waals surface area contributed by atoms with Crippen LogP contribution < -0.4 is 10.5 Å². The molecule has 2 atom stereocenters. The summed E-state index contributed by atoms with van der Waals surface area (Å²) in [5.74, 6) is 2.21. The third-order valence-corrected chi connectivity index (χ3v) is 6.62. The quantitative estimate of drug-likeness (QED) is 0.552. The van der Waals surface area contributed by atoms with Crippen LogP contribution in [0.25, 0.3) is 5.57 Å². The van der Waals surface area contributed by atoms with Crippen LogP contribution in [0.2, 0.25) is 0 Å². The lowest BCUT2D eigenvalue weighted by Gasteiger charge is -2.35. The van der Waals surface area contributed by atoms with Gasteiger partial charge in [-0.15, -0.1) is 0 Å². The van der Waals surface area contributed by atoms with Crippen LogP contribution in [0.4, 0.5) is 0 Å². The molecule has 6 heteroatoms. The fourth-order valence-corrected chi connectivity index (χ4v) is 4.74. The molecule has 0 fully saturated rings. The summed E-state index contributed by atoms with van der Waals surface area (Å²) in [5, 5.41) is 6.56. The summed E-state index contributed by atoms with van der Waals surface area (Å²) in [6.45, 7) is 2.08. The number of hydrogen-bond donors (Lipinski definition) is 1. The van der Waals surface area contributed by atoms with Crippen molar-refractivity contribution in [3.8, 4) is 5.75 Å². The maximum atomic E-state index is 6.73. The first-order valence-electron chi connectivity index (χ1n) is 10.4. The molecule has 0 aliphatic carbocycles. The van der Waals surface area contributed by atoms with Crippen LogP contribution in [0.1, 0.15) is 23.6 Å². The minimum absolute atomic E-state index is 0.120. The molecule has 0 spiro atoms. The van der Waals surface area contributed by atoms with Gasteiger partial charge in [-0.1, -0.05) is 70.5 Å². The molecule has 2 heterocycles. The summed E-state index contributed by atoms with van der Waals surface area (Å²) in [6.07, 6.45) is 1.95. The number of aliphatic imine (C=N–C) groups is 1. The smallest absolute Gasteiger partial charge is 0.148 e. The molecule has 0 saturated heterocycles. The van der Waals surface area contributed by atoms with Gasteiger partial charge in [-0.3, -0.25) is 4.99 Å². The van der Waals surface area contributed by atoms with E-state index in [0.717, 1.165) is 38.3 Å². The van der Waals surface area contributed by atoms with Crippen molar-refractivity contribution in [3.63, 3.8) is 0 Å². The summed E-state index contributed by atoms with van der Waals surface area (Å²) < 4.78 is 6.40. The van der Waals surface area contributed by atoms with Gasteiger partial charge in [0.25, 0.3) is 0 Å². The largest absolute Gasteiger partial charge is 0.497 e. The maximum Gasteiger partial charge on any atom is 0.148 e. The first-order chi connectivity index (χ1) is 15.5. The van der Waals surface area contributed by atoms with Crippen molar-refractivity contribution in [2.24, 2.45) is 15.8 Å². The molecule has 2 aliphatic rings. The van der Waals surface area contributed by atoms with Gasteiger partial charge in [0.05, 0.1) is 13.2 Å².